The fourth-order valence-electron chi connectivity index (χ4n) is 2.06. The van der Waals surface area contributed by atoms with E-state index in [1.807, 2.05) is 30.3 Å². The zero-order valence-corrected chi connectivity index (χ0v) is 14.2. The number of sulfonamides is 1. The highest BCUT2D eigenvalue weighted by Gasteiger charge is 2.27. The molecule has 0 spiro atoms. The van der Waals surface area contributed by atoms with Crippen LogP contribution >= 0.6 is 12.6 Å². The van der Waals surface area contributed by atoms with Crippen LogP contribution < -0.4 is 4.74 Å². The Morgan fingerprint density at radius 3 is 2.18 bits per heavy atom. The minimum atomic E-state index is -3.62. The number of hydrogen-bond acceptors (Lipinski definition) is 4. The first kappa shape index (κ1) is 16.9. The maximum atomic E-state index is 12.8. The molecule has 6 heteroatoms. The average Bonchev–Trinajstić information content (AvgIpc) is 2.53. The number of nitrogens with zero attached hydrogens (tertiary/aromatic N) is 1. The normalized spacial score (nSPS) is 13.1. The zero-order valence-electron chi connectivity index (χ0n) is 12.5. The molecule has 0 amide bonds. The van der Waals surface area contributed by atoms with Gasteiger partial charge >= 0.3 is 0 Å². The van der Waals surface area contributed by atoms with Crippen molar-refractivity contribution in [3.05, 3.63) is 60.2 Å². The molecule has 0 aliphatic carbocycles. The lowest BCUT2D eigenvalue weighted by atomic mass is 10.2. The molecule has 2 aromatic carbocycles. The van der Waals surface area contributed by atoms with Crippen molar-refractivity contribution >= 4 is 22.7 Å². The van der Waals surface area contributed by atoms with Crippen molar-refractivity contribution in [1.29, 1.82) is 0 Å². The van der Waals surface area contributed by atoms with Gasteiger partial charge in [-0.15, -0.1) is 0 Å². The van der Waals surface area contributed by atoms with Gasteiger partial charge in [-0.2, -0.15) is 16.9 Å². The van der Waals surface area contributed by atoms with Gasteiger partial charge in [0.2, 0.25) is 10.0 Å². The second kappa shape index (κ2) is 7.17. The van der Waals surface area contributed by atoms with Crippen molar-refractivity contribution in [2.24, 2.45) is 0 Å². The minimum Gasteiger partial charge on any atom is -0.497 e. The van der Waals surface area contributed by atoms with E-state index in [2.05, 4.69) is 12.6 Å². The molecular weight excluding hydrogens is 318 g/mol. The van der Waals surface area contributed by atoms with Crippen LogP contribution in [0.1, 0.15) is 12.5 Å². The largest absolute Gasteiger partial charge is 0.497 e. The monoisotopic (exact) mass is 337 g/mol. The van der Waals surface area contributed by atoms with E-state index < -0.39 is 15.4 Å². The van der Waals surface area contributed by atoms with Crippen LogP contribution in [0.3, 0.4) is 0 Å². The Morgan fingerprint density at radius 2 is 1.68 bits per heavy atom. The van der Waals surface area contributed by atoms with E-state index in [1.54, 1.807) is 38.3 Å². The van der Waals surface area contributed by atoms with E-state index in [9.17, 15) is 8.42 Å². The highest BCUT2D eigenvalue weighted by Crippen LogP contribution is 2.24. The SMILES string of the molecule is COc1ccc(S(=O)(=O)N(Cc2ccccc2)C(C)S)cc1. The molecule has 118 valence electrons. The van der Waals surface area contributed by atoms with Gasteiger partial charge in [0.25, 0.3) is 0 Å². The van der Waals surface area contributed by atoms with E-state index in [1.165, 1.54) is 4.31 Å². The Labute approximate surface area is 137 Å². The molecule has 0 saturated heterocycles. The topological polar surface area (TPSA) is 46.6 Å². The van der Waals surface area contributed by atoms with Crippen LogP contribution in [0.2, 0.25) is 0 Å². The lowest BCUT2D eigenvalue weighted by Crippen LogP contribution is -2.35. The molecule has 0 radical (unpaired) electrons. The minimum absolute atomic E-state index is 0.227. The molecule has 2 aromatic rings. The van der Waals surface area contributed by atoms with Crippen LogP contribution in [0.4, 0.5) is 0 Å². The predicted octanol–water partition coefficient (Wildman–Crippen LogP) is 3.16. The molecule has 2 rings (SSSR count). The standard InChI is InChI=1S/C16H19NO3S2/c1-13(21)17(12-14-6-4-3-5-7-14)22(18,19)16-10-8-15(20-2)9-11-16/h3-11,13,21H,12H2,1-2H3. The summed E-state index contributed by atoms with van der Waals surface area (Å²) in [6.07, 6.45) is 0. The lowest BCUT2D eigenvalue weighted by Gasteiger charge is -2.25. The highest BCUT2D eigenvalue weighted by molar-refractivity contribution is 7.90. The summed E-state index contributed by atoms with van der Waals surface area (Å²) in [5.74, 6) is 0.618. The summed E-state index contributed by atoms with van der Waals surface area (Å²) < 4.78 is 32.1. The van der Waals surface area contributed by atoms with Crippen molar-refractivity contribution in [1.82, 2.24) is 4.31 Å². The Bertz CT molecular complexity index is 698. The van der Waals surface area contributed by atoms with E-state index >= 15 is 0 Å². The number of hydrogen-bond donors (Lipinski definition) is 1. The second-order valence-corrected chi connectivity index (χ2v) is 7.48. The van der Waals surface area contributed by atoms with Crippen LogP contribution in [0.25, 0.3) is 0 Å². The summed E-state index contributed by atoms with van der Waals surface area (Å²) in [5.41, 5.74) is 0.917. The van der Waals surface area contributed by atoms with Crippen molar-refractivity contribution in [2.75, 3.05) is 7.11 Å². The average molecular weight is 337 g/mol. The molecule has 22 heavy (non-hydrogen) atoms. The van der Waals surface area contributed by atoms with Gasteiger partial charge in [-0.05, 0) is 36.8 Å². The number of thiol groups is 1. The van der Waals surface area contributed by atoms with Gasteiger partial charge in [-0.3, -0.25) is 0 Å². The molecule has 0 aromatic heterocycles. The molecule has 0 aliphatic rings. The first-order chi connectivity index (χ1) is 10.4. The molecule has 0 bridgehead atoms. The van der Waals surface area contributed by atoms with Crippen molar-refractivity contribution < 1.29 is 13.2 Å². The van der Waals surface area contributed by atoms with Crippen molar-refractivity contribution in [2.45, 2.75) is 23.7 Å². The van der Waals surface area contributed by atoms with Gasteiger partial charge in [0.05, 0.1) is 17.4 Å². The maximum Gasteiger partial charge on any atom is 0.244 e. The van der Waals surface area contributed by atoms with Crippen LogP contribution in [-0.2, 0) is 16.6 Å². The lowest BCUT2D eigenvalue weighted by molar-refractivity contribution is 0.402. The summed E-state index contributed by atoms with van der Waals surface area (Å²) >= 11 is 4.33. The summed E-state index contributed by atoms with van der Waals surface area (Å²) in [5, 5.41) is -0.438. The fraction of sp³-hybridized carbons (Fsp3) is 0.250. The summed E-state index contributed by atoms with van der Waals surface area (Å²) in [7, 11) is -2.08. The first-order valence-electron chi connectivity index (χ1n) is 6.83. The number of rotatable bonds is 6. The Hall–Kier alpha value is -1.50. The third-order valence-electron chi connectivity index (χ3n) is 3.26. The number of ether oxygens (including phenoxy) is 1. The zero-order chi connectivity index (χ0) is 16.2. The molecule has 0 N–H and O–H groups in total. The van der Waals surface area contributed by atoms with Crippen LogP contribution in [-0.4, -0.2) is 25.2 Å². The van der Waals surface area contributed by atoms with E-state index in [0.717, 1.165) is 5.56 Å². The van der Waals surface area contributed by atoms with Gasteiger partial charge in [-0.25, -0.2) is 8.42 Å². The maximum absolute atomic E-state index is 12.8. The number of methoxy groups -OCH3 is 1. The van der Waals surface area contributed by atoms with Gasteiger partial charge in [0.15, 0.2) is 0 Å². The molecule has 0 heterocycles. The third kappa shape index (κ3) is 3.82. The van der Waals surface area contributed by atoms with Gasteiger partial charge in [0.1, 0.15) is 5.75 Å². The summed E-state index contributed by atoms with van der Waals surface area (Å²) in [6.45, 7) is 2.02. The predicted molar refractivity (Wildman–Crippen MR) is 90.6 cm³/mol. The molecule has 0 fully saturated rings. The van der Waals surface area contributed by atoms with Gasteiger partial charge in [-0.1, -0.05) is 30.3 Å². The van der Waals surface area contributed by atoms with Crippen molar-refractivity contribution in [3.63, 3.8) is 0 Å². The van der Waals surface area contributed by atoms with Crippen molar-refractivity contribution in [3.8, 4) is 5.75 Å². The third-order valence-corrected chi connectivity index (χ3v) is 5.63. The van der Waals surface area contributed by atoms with Crippen LogP contribution in [0.5, 0.6) is 5.75 Å². The van der Waals surface area contributed by atoms with Gasteiger partial charge < -0.3 is 4.74 Å². The van der Waals surface area contributed by atoms with Crippen LogP contribution in [0, 0.1) is 0 Å². The smallest absolute Gasteiger partial charge is 0.244 e. The molecule has 0 aliphatic heterocycles. The van der Waals surface area contributed by atoms with E-state index in [4.69, 9.17) is 4.74 Å². The molecule has 4 nitrogen and oxygen atoms in total. The van der Waals surface area contributed by atoms with Crippen LogP contribution in [0.15, 0.2) is 59.5 Å². The summed E-state index contributed by atoms with van der Waals surface area (Å²) in [4.78, 5) is 0.227. The molecule has 1 unspecified atom stereocenters. The number of benzene rings is 2. The second-order valence-electron chi connectivity index (χ2n) is 4.84. The Balaban J connectivity index is 2.33. The fourth-order valence-corrected chi connectivity index (χ4v) is 3.99. The quantitative estimate of drug-likeness (QED) is 0.650. The Morgan fingerprint density at radius 1 is 1.09 bits per heavy atom. The van der Waals surface area contributed by atoms with E-state index in [-0.39, 0.29) is 11.4 Å². The molecular formula is C16H19NO3S2. The van der Waals surface area contributed by atoms with E-state index in [0.29, 0.717) is 5.75 Å². The summed E-state index contributed by atoms with van der Waals surface area (Å²) in [6, 6.07) is 15.8. The molecule has 1 atom stereocenters. The Kier molecular flexibility index (Phi) is 5.50. The molecule has 0 saturated carbocycles. The highest BCUT2D eigenvalue weighted by atomic mass is 32.2. The van der Waals surface area contributed by atoms with Gasteiger partial charge in [0, 0.05) is 6.54 Å². The first-order valence-corrected chi connectivity index (χ1v) is 8.78.